The molecule has 0 saturated heterocycles. The molecule has 0 unspecified atom stereocenters. The van der Waals surface area contributed by atoms with Crippen LogP contribution in [-0.4, -0.2) is 49.0 Å². The molecule has 0 aromatic carbocycles. The molecule has 240 valence electrons. The van der Waals surface area contributed by atoms with Crippen molar-refractivity contribution in [2.75, 3.05) is 0 Å². The molecular weight excluding hydrogens is 545 g/mol. The zero-order chi connectivity index (χ0) is 31.8. The lowest BCUT2D eigenvalue weighted by Crippen LogP contribution is -2.59. The first kappa shape index (κ1) is 40.2. The molecular formula is C33H72O4Si3. The van der Waals surface area contributed by atoms with Crippen molar-refractivity contribution in [2.45, 2.75) is 201 Å². The van der Waals surface area contributed by atoms with Gasteiger partial charge in [0.15, 0.2) is 14.1 Å². The highest BCUT2D eigenvalue weighted by Gasteiger charge is 2.53. The Kier molecular flexibility index (Phi) is 17.0. The summed E-state index contributed by atoms with van der Waals surface area (Å²) in [5.41, 5.74) is 2.52. The maximum absolute atomic E-state index is 13.7. The van der Waals surface area contributed by atoms with E-state index >= 15 is 0 Å². The Morgan fingerprint density at radius 2 is 0.875 bits per heavy atom. The third kappa shape index (κ3) is 9.10. The monoisotopic (exact) mass is 616 g/mol. The van der Waals surface area contributed by atoms with E-state index < -0.39 is 31.1 Å². The van der Waals surface area contributed by atoms with E-state index in [4.69, 9.17) is 13.3 Å². The summed E-state index contributed by atoms with van der Waals surface area (Å²) < 4.78 is 21.8. The van der Waals surface area contributed by atoms with Gasteiger partial charge in [0.25, 0.3) is 0 Å². The Balaban J connectivity index is 6.96. The van der Waals surface area contributed by atoms with Gasteiger partial charge in [-0.1, -0.05) is 111 Å². The lowest BCUT2D eigenvalue weighted by atomic mass is 9.93. The van der Waals surface area contributed by atoms with Gasteiger partial charge in [-0.25, -0.2) is 0 Å². The Bertz CT molecular complexity index is 679. The van der Waals surface area contributed by atoms with Gasteiger partial charge in [0.1, 0.15) is 6.10 Å². The number of Topliss-reactive ketones (excluding diaryl/α,β-unsaturated/α-hetero) is 1. The molecule has 0 aliphatic rings. The molecule has 4 atom stereocenters. The van der Waals surface area contributed by atoms with Gasteiger partial charge in [-0.3, -0.25) is 4.79 Å². The van der Waals surface area contributed by atoms with Gasteiger partial charge < -0.3 is 13.3 Å². The summed E-state index contributed by atoms with van der Waals surface area (Å²) in [7, 11) is -6.35. The van der Waals surface area contributed by atoms with Gasteiger partial charge in [-0.15, -0.1) is 0 Å². The topological polar surface area (TPSA) is 44.8 Å². The van der Waals surface area contributed by atoms with Crippen molar-refractivity contribution < 1.29 is 18.1 Å². The fourth-order valence-electron chi connectivity index (χ4n) is 8.26. The molecule has 0 heterocycles. The van der Waals surface area contributed by atoms with Crippen LogP contribution in [-0.2, 0) is 18.1 Å². The van der Waals surface area contributed by atoms with Crippen molar-refractivity contribution in [1.29, 1.82) is 0 Å². The second-order valence-electron chi connectivity index (χ2n) is 14.8. The van der Waals surface area contributed by atoms with Crippen molar-refractivity contribution in [2.24, 2.45) is 5.92 Å². The molecule has 0 aliphatic carbocycles. The van der Waals surface area contributed by atoms with Crippen LogP contribution in [0.3, 0.4) is 0 Å². The summed E-state index contributed by atoms with van der Waals surface area (Å²) in [6.07, 6.45) is 0.196. The highest BCUT2D eigenvalue weighted by atomic mass is 28.4. The number of hydrogen-bond donors (Lipinski definition) is 0. The van der Waals surface area contributed by atoms with Gasteiger partial charge in [-0.05, 0) is 77.6 Å². The van der Waals surface area contributed by atoms with E-state index in [0.29, 0.717) is 33.2 Å². The average Bonchev–Trinajstić information content (AvgIpc) is 2.82. The molecule has 0 rings (SSSR count). The van der Waals surface area contributed by atoms with E-state index in [1.807, 2.05) is 0 Å². The molecule has 40 heavy (non-hydrogen) atoms. The summed E-state index contributed by atoms with van der Waals surface area (Å²) in [5.74, 6) is 0.255. The molecule has 4 nitrogen and oxygen atoms in total. The summed E-state index contributed by atoms with van der Waals surface area (Å²) in [6, 6.07) is 3.44. The SMILES string of the molecule is CC[Si](CC)(CC)O[C@@H](C)C[C@@H](C)[C@H](O[Si](C(C)C)(C(C)C)C(C)C)[C@@H](O[Si](C(C)C)(C(C)C)C(C)C)C(C)=O. The van der Waals surface area contributed by atoms with Crippen LogP contribution in [0.5, 0.6) is 0 Å². The summed E-state index contributed by atoms with van der Waals surface area (Å²) in [5, 5.41) is 0. The van der Waals surface area contributed by atoms with Gasteiger partial charge in [0, 0.05) is 6.10 Å². The quantitative estimate of drug-likeness (QED) is 0.128. The third-order valence-corrected chi connectivity index (χ3v) is 27.4. The number of carbonyl (C=O) groups excluding carboxylic acids is 1. The van der Waals surface area contributed by atoms with Gasteiger partial charge >= 0.3 is 0 Å². The van der Waals surface area contributed by atoms with E-state index in [9.17, 15) is 4.79 Å². The summed E-state index contributed by atoms with van der Waals surface area (Å²) in [6.45, 7) is 41.0. The van der Waals surface area contributed by atoms with E-state index in [1.54, 1.807) is 6.92 Å². The fourth-order valence-corrected chi connectivity index (χ4v) is 22.4. The van der Waals surface area contributed by atoms with E-state index in [-0.39, 0.29) is 23.9 Å². The second kappa shape index (κ2) is 16.9. The Morgan fingerprint density at radius 1 is 0.550 bits per heavy atom. The van der Waals surface area contributed by atoms with E-state index in [1.165, 1.54) is 0 Å². The first-order valence-electron chi connectivity index (χ1n) is 16.8. The average molecular weight is 617 g/mol. The Morgan fingerprint density at radius 3 is 1.15 bits per heavy atom. The molecule has 0 radical (unpaired) electrons. The standard InChI is InChI=1S/C33H72O4Si3/c1-19-38(20-2,21-3)35-30(17)22-29(16)32(36-39(23(4)5,24(6)7)25(8)9)33(31(18)34)37-40(26(10)11,27(12)13)28(14)15/h23-30,32-33H,19-22H2,1-18H3/t29-,30+,32+,33+/m1/s1. The molecule has 0 aromatic heterocycles. The van der Waals surface area contributed by atoms with Crippen LogP contribution in [0, 0.1) is 5.92 Å². The first-order chi connectivity index (χ1) is 18.3. The minimum atomic E-state index is -2.32. The summed E-state index contributed by atoms with van der Waals surface area (Å²) >= 11 is 0. The predicted octanol–water partition coefficient (Wildman–Crippen LogP) is 11.1. The third-order valence-electron chi connectivity index (χ3n) is 10.4. The first-order valence-corrected chi connectivity index (χ1v) is 23.6. The largest absolute Gasteiger partial charge is 0.414 e. The second-order valence-corrected chi connectivity index (χ2v) is 30.3. The van der Waals surface area contributed by atoms with E-state index in [2.05, 4.69) is 118 Å². The molecule has 0 N–H and O–H groups in total. The normalized spacial score (nSPS) is 17.0. The molecule has 0 aliphatic heterocycles. The predicted molar refractivity (Wildman–Crippen MR) is 184 cm³/mol. The van der Waals surface area contributed by atoms with Crippen molar-refractivity contribution in [3.63, 3.8) is 0 Å². The maximum atomic E-state index is 13.7. The van der Waals surface area contributed by atoms with Crippen molar-refractivity contribution in [3.8, 4) is 0 Å². The maximum Gasteiger partial charge on any atom is 0.201 e. The van der Waals surface area contributed by atoms with Crippen molar-refractivity contribution in [3.05, 3.63) is 0 Å². The van der Waals surface area contributed by atoms with Crippen LogP contribution in [0.15, 0.2) is 0 Å². The van der Waals surface area contributed by atoms with E-state index in [0.717, 1.165) is 24.6 Å². The van der Waals surface area contributed by atoms with Gasteiger partial charge in [-0.2, -0.15) is 0 Å². The van der Waals surface area contributed by atoms with Crippen molar-refractivity contribution >= 4 is 30.7 Å². The number of carbonyl (C=O) groups is 1. The van der Waals surface area contributed by atoms with Crippen LogP contribution >= 0.6 is 0 Å². The molecule has 0 saturated carbocycles. The van der Waals surface area contributed by atoms with Crippen LogP contribution in [0.2, 0.25) is 51.4 Å². The Labute approximate surface area is 254 Å². The van der Waals surface area contributed by atoms with Gasteiger partial charge in [0.2, 0.25) is 16.6 Å². The zero-order valence-corrected chi connectivity index (χ0v) is 33.2. The number of ketones is 1. The highest BCUT2D eigenvalue weighted by molar-refractivity contribution is 6.78. The van der Waals surface area contributed by atoms with Gasteiger partial charge in [0.05, 0.1) is 6.10 Å². The molecule has 0 amide bonds. The number of hydrogen-bond acceptors (Lipinski definition) is 4. The zero-order valence-electron chi connectivity index (χ0n) is 30.2. The van der Waals surface area contributed by atoms with Crippen LogP contribution in [0.1, 0.15) is 131 Å². The smallest absolute Gasteiger partial charge is 0.201 e. The van der Waals surface area contributed by atoms with Crippen molar-refractivity contribution in [1.82, 2.24) is 0 Å². The van der Waals surface area contributed by atoms with Crippen LogP contribution in [0.25, 0.3) is 0 Å². The molecule has 7 heteroatoms. The molecule has 0 spiro atoms. The number of rotatable bonds is 20. The molecule has 0 aromatic rings. The highest BCUT2D eigenvalue weighted by Crippen LogP contribution is 2.47. The lowest BCUT2D eigenvalue weighted by Gasteiger charge is -2.50. The van der Waals surface area contributed by atoms with Crippen LogP contribution in [0.4, 0.5) is 0 Å². The lowest BCUT2D eigenvalue weighted by molar-refractivity contribution is -0.131. The minimum absolute atomic E-state index is 0.114. The molecule has 0 bridgehead atoms. The minimum Gasteiger partial charge on any atom is -0.414 e. The summed E-state index contributed by atoms with van der Waals surface area (Å²) in [4.78, 5) is 13.7. The Hall–Kier alpha value is 0.201. The van der Waals surface area contributed by atoms with Crippen LogP contribution < -0.4 is 0 Å². The fraction of sp³-hybridized carbons (Fsp3) is 0.970. The molecule has 0 fully saturated rings.